The molecule has 0 unspecified atom stereocenters. The molecule has 0 bridgehead atoms. The van der Waals surface area contributed by atoms with E-state index < -0.39 is 0 Å². The van der Waals surface area contributed by atoms with Gasteiger partial charge in [-0.25, -0.2) is 4.68 Å². The molecule has 0 spiro atoms. The van der Waals surface area contributed by atoms with E-state index in [1.165, 1.54) is 0 Å². The molecule has 4 heteroatoms. The summed E-state index contributed by atoms with van der Waals surface area (Å²) in [6.45, 7) is 7.07. The van der Waals surface area contributed by atoms with Crippen LogP contribution in [0, 0.1) is 6.92 Å². The van der Waals surface area contributed by atoms with Crippen LogP contribution in [-0.2, 0) is 6.54 Å². The molecule has 0 radical (unpaired) electrons. The molecule has 0 aromatic carbocycles. The number of rotatable bonds is 4. The van der Waals surface area contributed by atoms with Crippen molar-refractivity contribution in [2.24, 2.45) is 0 Å². The van der Waals surface area contributed by atoms with Gasteiger partial charge in [-0.15, -0.1) is 0 Å². The summed E-state index contributed by atoms with van der Waals surface area (Å²) in [6, 6.07) is 4.45. The van der Waals surface area contributed by atoms with E-state index in [1.54, 1.807) is 6.20 Å². The first kappa shape index (κ1) is 11.8. The van der Waals surface area contributed by atoms with E-state index in [0.717, 1.165) is 23.5 Å². The van der Waals surface area contributed by atoms with Crippen LogP contribution in [0.25, 0.3) is 5.69 Å². The molecule has 4 nitrogen and oxygen atoms in total. The molecule has 0 aliphatic heterocycles. The Morgan fingerprint density at radius 3 is 2.88 bits per heavy atom. The largest absolute Gasteiger partial charge is 0.310 e. The maximum absolute atomic E-state index is 4.35. The fourth-order valence-electron chi connectivity index (χ4n) is 1.65. The maximum Gasteiger partial charge on any atom is 0.0723 e. The van der Waals surface area contributed by atoms with Gasteiger partial charge in [-0.1, -0.05) is 13.8 Å². The molecule has 17 heavy (non-hydrogen) atoms. The van der Waals surface area contributed by atoms with Gasteiger partial charge >= 0.3 is 0 Å². The number of aryl methyl sites for hydroxylation is 1. The number of hydrogen-bond acceptors (Lipinski definition) is 3. The fourth-order valence-corrected chi connectivity index (χ4v) is 1.65. The zero-order valence-electron chi connectivity index (χ0n) is 10.5. The Hall–Kier alpha value is -1.68. The Labute approximate surface area is 102 Å². The van der Waals surface area contributed by atoms with Gasteiger partial charge in [0.05, 0.1) is 5.69 Å². The Bertz CT molecular complexity index is 474. The molecule has 0 atom stereocenters. The lowest BCUT2D eigenvalue weighted by atomic mass is 10.2. The molecule has 0 amide bonds. The lowest BCUT2D eigenvalue weighted by Crippen LogP contribution is -2.23. The highest BCUT2D eigenvalue weighted by molar-refractivity contribution is 5.39. The van der Waals surface area contributed by atoms with Crippen molar-refractivity contribution in [1.82, 2.24) is 20.1 Å². The number of nitrogens with one attached hydrogen (secondary N) is 1. The quantitative estimate of drug-likeness (QED) is 0.874. The van der Waals surface area contributed by atoms with Crippen molar-refractivity contribution in [2.75, 3.05) is 0 Å². The van der Waals surface area contributed by atoms with Crippen LogP contribution in [0.5, 0.6) is 0 Å². The third-order valence-electron chi connectivity index (χ3n) is 2.55. The second-order valence-electron chi connectivity index (χ2n) is 4.44. The van der Waals surface area contributed by atoms with Crippen LogP contribution in [0.4, 0.5) is 0 Å². The average molecular weight is 230 g/mol. The SMILES string of the molecule is Cc1cc(-n2cccn2)c(CNC(C)C)cn1. The van der Waals surface area contributed by atoms with E-state index in [9.17, 15) is 0 Å². The molecule has 0 saturated carbocycles. The summed E-state index contributed by atoms with van der Waals surface area (Å²) >= 11 is 0. The van der Waals surface area contributed by atoms with E-state index in [4.69, 9.17) is 0 Å². The van der Waals surface area contributed by atoms with Gasteiger partial charge in [0.1, 0.15) is 0 Å². The summed E-state index contributed by atoms with van der Waals surface area (Å²) in [7, 11) is 0. The molecule has 2 aromatic rings. The van der Waals surface area contributed by atoms with Crippen LogP contribution in [0.3, 0.4) is 0 Å². The number of nitrogens with zero attached hydrogens (tertiary/aromatic N) is 3. The lowest BCUT2D eigenvalue weighted by molar-refractivity contribution is 0.585. The van der Waals surface area contributed by atoms with Crippen molar-refractivity contribution in [3.05, 3.63) is 42.0 Å². The first-order valence-electron chi connectivity index (χ1n) is 5.85. The van der Waals surface area contributed by atoms with Gasteiger partial charge in [-0.3, -0.25) is 4.98 Å². The third kappa shape index (κ3) is 2.91. The summed E-state index contributed by atoms with van der Waals surface area (Å²) in [6.07, 6.45) is 5.66. The predicted octanol–water partition coefficient (Wildman–Crippen LogP) is 2.07. The smallest absolute Gasteiger partial charge is 0.0723 e. The second kappa shape index (κ2) is 5.10. The topological polar surface area (TPSA) is 42.7 Å². The molecule has 0 aliphatic carbocycles. The highest BCUT2D eigenvalue weighted by Gasteiger charge is 2.06. The summed E-state index contributed by atoms with van der Waals surface area (Å²) in [5, 5.41) is 7.68. The van der Waals surface area contributed by atoms with Crippen molar-refractivity contribution >= 4 is 0 Å². The van der Waals surface area contributed by atoms with E-state index in [0.29, 0.717) is 6.04 Å². The Balaban J connectivity index is 2.31. The summed E-state index contributed by atoms with van der Waals surface area (Å²) in [5.41, 5.74) is 3.26. The van der Waals surface area contributed by atoms with Crippen molar-refractivity contribution in [3.63, 3.8) is 0 Å². The van der Waals surface area contributed by atoms with Crippen molar-refractivity contribution < 1.29 is 0 Å². The molecule has 2 rings (SSSR count). The summed E-state index contributed by atoms with van der Waals surface area (Å²) in [4.78, 5) is 4.35. The molecule has 0 saturated heterocycles. The van der Waals surface area contributed by atoms with Gasteiger partial charge in [-0.2, -0.15) is 5.10 Å². The minimum atomic E-state index is 0.460. The van der Waals surface area contributed by atoms with Crippen molar-refractivity contribution in [2.45, 2.75) is 33.4 Å². The Morgan fingerprint density at radius 2 is 2.24 bits per heavy atom. The molecule has 90 valence electrons. The third-order valence-corrected chi connectivity index (χ3v) is 2.55. The van der Waals surface area contributed by atoms with E-state index >= 15 is 0 Å². The molecule has 2 aromatic heterocycles. The van der Waals surface area contributed by atoms with Crippen LogP contribution in [0.2, 0.25) is 0 Å². The fraction of sp³-hybridized carbons (Fsp3) is 0.385. The zero-order valence-corrected chi connectivity index (χ0v) is 10.5. The zero-order chi connectivity index (χ0) is 12.3. The standard InChI is InChI=1S/C13H18N4/c1-10(2)14-8-12-9-15-11(3)7-13(12)17-6-4-5-16-17/h4-7,9-10,14H,8H2,1-3H3. The molecular weight excluding hydrogens is 212 g/mol. The van der Waals surface area contributed by atoms with Gasteiger partial charge in [0, 0.05) is 42.4 Å². The van der Waals surface area contributed by atoms with E-state index in [2.05, 4.69) is 35.3 Å². The predicted molar refractivity (Wildman–Crippen MR) is 68.1 cm³/mol. The van der Waals surface area contributed by atoms with Crippen LogP contribution in [-0.4, -0.2) is 20.8 Å². The first-order chi connectivity index (χ1) is 8.16. The minimum absolute atomic E-state index is 0.460. The van der Waals surface area contributed by atoms with E-state index in [1.807, 2.05) is 30.1 Å². The van der Waals surface area contributed by atoms with E-state index in [-0.39, 0.29) is 0 Å². The van der Waals surface area contributed by atoms with Gasteiger partial charge < -0.3 is 5.32 Å². The second-order valence-corrected chi connectivity index (χ2v) is 4.44. The highest BCUT2D eigenvalue weighted by atomic mass is 15.3. The lowest BCUT2D eigenvalue weighted by Gasteiger charge is -2.12. The van der Waals surface area contributed by atoms with Crippen LogP contribution >= 0.6 is 0 Å². The molecule has 1 N–H and O–H groups in total. The van der Waals surface area contributed by atoms with Crippen LogP contribution < -0.4 is 5.32 Å². The van der Waals surface area contributed by atoms with Crippen molar-refractivity contribution in [3.8, 4) is 5.69 Å². The molecule has 0 fully saturated rings. The van der Waals surface area contributed by atoms with Gasteiger partial charge in [0.2, 0.25) is 0 Å². The summed E-state index contributed by atoms with van der Waals surface area (Å²) in [5.74, 6) is 0. The van der Waals surface area contributed by atoms with Crippen LogP contribution in [0.1, 0.15) is 25.1 Å². The number of aromatic nitrogens is 3. The molecular formula is C13H18N4. The van der Waals surface area contributed by atoms with Crippen LogP contribution in [0.15, 0.2) is 30.7 Å². The normalized spacial score (nSPS) is 11.1. The average Bonchev–Trinajstić information content (AvgIpc) is 2.80. The minimum Gasteiger partial charge on any atom is -0.310 e. The van der Waals surface area contributed by atoms with Crippen molar-refractivity contribution in [1.29, 1.82) is 0 Å². The maximum atomic E-state index is 4.35. The summed E-state index contributed by atoms with van der Waals surface area (Å²) < 4.78 is 1.88. The number of hydrogen-bond donors (Lipinski definition) is 1. The number of pyridine rings is 1. The Morgan fingerprint density at radius 1 is 1.41 bits per heavy atom. The van der Waals surface area contributed by atoms with Gasteiger partial charge in [0.15, 0.2) is 0 Å². The first-order valence-corrected chi connectivity index (χ1v) is 5.85. The molecule has 0 aliphatic rings. The highest BCUT2D eigenvalue weighted by Crippen LogP contribution is 2.14. The monoisotopic (exact) mass is 230 g/mol. The van der Waals surface area contributed by atoms with Gasteiger partial charge in [-0.05, 0) is 19.1 Å². The molecule has 2 heterocycles. The Kier molecular flexibility index (Phi) is 3.54. The van der Waals surface area contributed by atoms with Gasteiger partial charge in [0.25, 0.3) is 0 Å².